The molecule has 6 heteroatoms. The lowest BCUT2D eigenvalue weighted by Crippen LogP contribution is -2.31. The molecule has 108 valence electrons. The van der Waals surface area contributed by atoms with Gasteiger partial charge in [-0.1, -0.05) is 13.8 Å². The molecule has 1 saturated heterocycles. The number of carboxylic acids is 1. The molecule has 0 aliphatic carbocycles. The quantitative estimate of drug-likeness (QED) is 0.904. The molecule has 1 aliphatic heterocycles. The summed E-state index contributed by atoms with van der Waals surface area (Å²) in [4.78, 5) is 33.5. The number of rotatable bonds is 3. The van der Waals surface area contributed by atoms with Crippen LogP contribution in [0.15, 0.2) is 6.20 Å². The lowest BCUT2D eigenvalue weighted by Gasteiger charge is -2.18. The van der Waals surface area contributed by atoms with E-state index in [1.54, 1.807) is 18.0 Å². The van der Waals surface area contributed by atoms with E-state index in [9.17, 15) is 9.59 Å². The molecular weight excluding hydrogens is 258 g/mol. The van der Waals surface area contributed by atoms with E-state index in [0.29, 0.717) is 24.4 Å². The summed E-state index contributed by atoms with van der Waals surface area (Å²) < 4.78 is 0. The number of carbonyl (C=O) groups excluding carboxylic acids is 1. The molecular formula is C14H19N3O3. The van der Waals surface area contributed by atoms with Crippen molar-refractivity contribution in [1.82, 2.24) is 14.9 Å². The molecule has 0 radical (unpaired) electrons. The highest BCUT2D eigenvalue weighted by atomic mass is 16.4. The molecule has 1 amide bonds. The summed E-state index contributed by atoms with van der Waals surface area (Å²) in [6.07, 6.45) is 2.05. The molecule has 2 rings (SSSR count). The average molecular weight is 277 g/mol. The summed E-state index contributed by atoms with van der Waals surface area (Å²) in [6.45, 7) is 6.47. The van der Waals surface area contributed by atoms with Crippen molar-refractivity contribution >= 4 is 11.9 Å². The Bertz CT molecular complexity index is 542. The van der Waals surface area contributed by atoms with Crippen molar-refractivity contribution in [2.45, 2.75) is 33.1 Å². The number of hydrogen-bond donors (Lipinski definition) is 1. The van der Waals surface area contributed by atoms with Crippen LogP contribution in [0, 0.1) is 12.8 Å². The molecule has 2 heterocycles. The normalized spacial score (nSPS) is 18.6. The van der Waals surface area contributed by atoms with Gasteiger partial charge >= 0.3 is 5.97 Å². The van der Waals surface area contributed by atoms with E-state index < -0.39 is 11.9 Å². The third-order valence-electron chi connectivity index (χ3n) is 3.54. The third kappa shape index (κ3) is 2.79. The van der Waals surface area contributed by atoms with Crippen LogP contribution in [0.25, 0.3) is 0 Å². The SMILES string of the molecule is Cc1ncc(C(=O)N2CC[C@H](C(=O)O)C2)c(C(C)C)n1. The van der Waals surface area contributed by atoms with Crippen LogP contribution in [0.1, 0.15) is 48.1 Å². The van der Waals surface area contributed by atoms with Crippen molar-refractivity contribution in [2.75, 3.05) is 13.1 Å². The lowest BCUT2D eigenvalue weighted by atomic mass is 10.0. The molecule has 0 aromatic carbocycles. The molecule has 1 fully saturated rings. The maximum Gasteiger partial charge on any atom is 0.308 e. The first kappa shape index (κ1) is 14.4. The molecule has 1 aliphatic rings. The minimum absolute atomic E-state index is 0.119. The third-order valence-corrected chi connectivity index (χ3v) is 3.54. The zero-order chi connectivity index (χ0) is 14.9. The van der Waals surface area contributed by atoms with Gasteiger partial charge in [-0.3, -0.25) is 9.59 Å². The molecule has 1 aromatic rings. The fourth-order valence-electron chi connectivity index (χ4n) is 2.41. The Hall–Kier alpha value is -1.98. The van der Waals surface area contributed by atoms with E-state index in [2.05, 4.69) is 9.97 Å². The van der Waals surface area contributed by atoms with Gasteiger partial charge in [-0.15, -0.1) is 0 Å². The molecule has 6 nitrogen and oxygen atoms in total. The van der Waals surface area contributed by atoms with Crippen LogP contribution in [-0.2, 0) is 4.79 Å². The van der Waals surface area contributed by atoms with Crippen molar-refractivity contribution in [3.8, 4) is 0 Å². The fourth-order valence-corrected chi connectivity index (χ4v) is 2.41. The summed E-state index contributed by atoms with van der Waals surface area (Å²) in [6, 6.07) is 0. The van der Waals surface area contributed by atoms with E-state index in [4.69, 9.17) is 5.11 Å². The van der Waals surface area contributed by atoms with Crippen LogP contribution in [-0.4, -0.2) is 44.9 Å². The smallest absolute Gasteiger partial charge is 0.308 e. The van der Waals surface area contributed by atoms with Crippen LogP contribution in [0.2, 0.25) is 0 Å². The number of nitrogens with zero attached hydrogens (tertiary/aromatic N) is 3. The highest BCUT2D eigenvalue weighted by Crippen LogP contribution is 2.22. The van der Waals surface area contributed by atoms with Crippen molar-refractivity contribution in [3.05, 3.63) is 23.3 Å². The first-order chi connectivity index (χ1) is 9.40. The number of amides is 1. The second kappa shape index (κ2) is 5.56. The number of hydrogen-bond acceptors (Lipinski definition) is 4. The van der Waals surface area contributed by atoms with Gasteiger partial charge in [-0.2, -0.15) is 0 Å². The molecule has 1 atom stereocenters. The number of aryl methyl sites for hydroxylation is 1. The topological polar surface area (TPSA) is 83.4 Å². The predicted molar refractivity (Wildman–Crippen MR) is 72.5 cm³/mol. The highest BCUT2D eigenvalue weighted by molar-refractivity contribution is 5.95. The van der Waals surface area contributed by atoms with Crippen molar-refractivity contribution in [2.24, 2.45) is 5.92 Å². The summed E-state index contributed by atoms with van der Waals surface area (Å²) in [5.41, 5.74) is 1.21. The van der Waals surface area contributed by atoms with Gasteiger partial charge in [0.15, 0.2) is 0 Å². The Morgan fingerprint density at radius 1 is 1.45 bits per heavy atom. The maximum atomic E-state index is 12.5. The Morgan fingerprint density at radius 2 is 2.15 bits per heavy atom. The molecule has 0 spiro atoms. The Kier molecular flexibility index (Phi) is 4.01. The maximum absolute atomic E-state index is 12.5. The minimum atomic E-state index is -0.843. The molecule has 0 saturated carbocycles. The zero-order valence-electron chi connectivity index (χ0n) is 12.0. The van der Waals surface area contributed by atoms with Gasteiger partial charge in [-0.25, -0.2) is 9.97 Å². The summed E-state index contributed by atoms with van der Waals surface area (Å²) in [5.74, 6) is -0.724. The molecule has 0 unspecified atom stereocenters. The Labute approximate surface area is 117 Å². The first-order valence-electron chi connectivity index (χ1n) is 6.75. The van der Waals surface area contributed by atoms with E-state index >= 15 is 0 Å². The van der Waals surface area contributed by atoms with Gasteiger partial charge in [-0.05, 0) is 19.3 Å². The number of carboxylic acid groups (broad SMARTS) is 1. The molecule has 1 N–H and O–H groups in total. The monoisotopic (exact) mass is 277 g/mol. The van der Waals surface area contributed by atoms with Crippen molar-refractivity contribution in [3.63, 3.8) is 0 Å². The lowest BCUT2D eigenvalue weighted by molar-refractivity contribution is -0.141. The summed E-state index contributed by atoms with van der Waals surface area (Å²) in [7, 11) is 0. The van der Waals surface area contributed by atoms with Gasteiger partial charge in [0.05, 0.1) is 17.2 Å². The zero-order valence-corrected chi connectivity index (χ0v) is 12.0. The first-order valence-corrected chi connectivity index (χ1v) is 6.75. The highest BCUT2D eigenvalue weighted by Gasteiger charge is 2.32. The van der Waals surface area contributed by atoms with Crippen LogP contribution in [0.4, 0.5) is 0 Å². The Balaban J connectivity index is 2.24. The van der Waals surface area contributed by atoms with Crippen LogP contribution in [0.3, 0.4) is 0 Å². The van der Waals surface area contributed by atoms with Gasteiger partial charge < -0.3 is 10.0 Å². The van der Waals surface area contributed by atoms with Crippen LogP contribution < -0.4 is 0 Å². The van der Waals surface area contributed by atoms with Gasteiger partial charge in [0, 0.05) is 19.3 Å². The van der Waals surface area contributed by atoms with Gasteiger partial charge in [0.25, 0.3) is 5.91 Å². The number of carbonyl (C=O) groups is 2. The van der Waals surface area contributed by atoms with Crippen molar-refractivity contribution < 1.29 is 14.7 Å². The number of aliphatic carboxylic acids is 1. The molecule has 20 heavy (non-hydrogen) atoms. The molecule has 1 aromatic heterocycles. The van der Waals surface area contributed by atoms with E-state index in [-0.39, 0.29) is 18.4 Å². The predicted octanol–water partition coefficient (Wildman–Crippen LogP) is 1.46. The van der Waals surface area contributed by atoms with Crippen molar-refractivity contribution in [1.29, 1.82) is 0 Å². The second-order valence-electron chi connectivity index (χ2n) is 5.45. The van der Waals surface area contributed by atoms with E-state index in [0.717, 1.165) is 5.69 Å². The fraction of sp³-hybridized carbons (Fsp3) is 0.571. The molecule has 0 bridgehead atoms. The average Bonchev–Trinajstić information content (AvgIpc) is 2.87. The standard InChI is InChI=1S/C14H19N3O3/c1-8(2)12-11(6-15-9(3)16-12)13(18)17-5-4-10(7-17)14(19)20/h6,8,10H,4-5,7H2,1-3H3,(H,19,20)/t10-/m0/s1. The summed E-state index contributed by atoms with van der Waals surface area (Å²) in [5, 5.41) is 9.00. The van der Waals surface area contributed by atoms with E-state index in [1.165, 1.54) is 0 Å². The summed E-state index contributed by atoms with van der Waals surface area (Å²) >= 11 is 0. The van der Waals surface area contributed by atoms with Crippen LogP contribution >= 0.6 is 0 Å². The Morgan fingerprint density at radius 3 is 2.70 bits per heavy atom. The second-order valence-corrected chi connectivity index (χ2v) is 5.45. The van der Waals surface area contributed by atoms with Gasteiger partial charge in [0.1, 0.15) is 5.82 Å². The van der Waals surface area contributed by atoms with Gasteiger partial charge in [0.2, 0.25) is 0 Å². The largest absolute Gasteiger partial charge is 0.481 e. The number of likely N-dealkylation sites (tertiary alicyclic amines) is 1. The minimum Gasteiger partial charge on any atom is -0.481 e. The van der Waals surface area contributed by atoms with E-state index in [1.807, 2.05) is 13.8 Å². The number of aromatic nitrogens is 2. The van der Waals surface area contributed by atoms with Crippen LogP contribution in [0.5, 0.6) is 0 Å².